The van der Waals surface area contributed by atoms with Gasteiger partial charge in [0.1, 0.15) is 5.69 Å². The Bertz CT molecular complexity index is 1120. The first-order valence-corrected chi connectivity index (χ1v) is 10.6. The van der Waals surface area contributed by atoms with E-state index in [9.17, 15) is 4.79 Å². The Balaban J connectivity index is 1.22. The van der Waals surface area contributed by atoms with Crippen LogP contribution < -0.4 is 4.90 Å². The topological polar surface area (TPSA) is 75.4 Å². The van der Waals surface area contributed by atoms with Gasteiger partial charge >= 0.3 is 0 Å². The Hall–Kier alpha value is -3.52. The van der Waals surface area contributed by atoms with E-state index in [1.807, 2.05) is 60.0 Å². The van der Waals surface area contributed by atoms with Crippen molar-refractivity contribution in [3.8, 4) is 21.9 Å². The lowest BCUT2D eigenvalue weighted by Gasteiger charge is -2.34. The van der Waals surface area contributed by atoms with Crippen molar-refractivity contribution in [1.82, 2.24) is 20.3 Å². The first-order valence-electron chi connectivity index (χ1n) is 9.72. The molecule has 1 saturated heterocycles. The summed E-state index contributed by atoms with van der Waals surface area (Å²) >= 11 is 1.65. The fourth-order valence-electron chi connectivity index (χ4n) is 3.46. The van der Waals surface area contributed by atoms with Crippen molar-refractivity contribution in [2.75, 3.05) is 31.1 Å². The summed E-state index contributed by atoms with van der Waals surface area (Å²) in [7, 11) is 0. The minimum absolute atomic E-state index is 0.111. The number of rotatable bonds is 4. The van der Waals surface area contributed by atoms with Crippen LogP contribution >= 0.6 is 11.3 Å². The highest BCUT2D eigenvalue weighted by atomic mass is 32.1. The number of nitrogens with zero attached hydrogens (tertiary/aromatic N) is 5. The van der Waals surface area contributed by atoms with Gasteiger partial charge in [0.25, 0.3) is 5.91 Å². The standard InChI is InChI=1S/C22H19N5O2S/c28-22(18-15-19(29-25-18)16-5-2-1-3-6-16)27-12-10-26(11-13-27)21-9-8-17(23-24-21)20-7-4-14-30-20/h1-9,14-15H,10-13H2. The number of aromatic nitrogens is 3. The largest absolute Gasteiger partial charge is 0.355 e. The lowest BCUT2D eigenvalue weighted by atomic mass is 10.1. The molecule has 0 radical (unpaired) electrons. The second-order valence-corrected chi connectivity index (χ2v) is 7.92. The number of benzene rings is 1. The molecule has 1 aromatic carbocycles. The van der Waals surface area contributed by atoms with E-state index in [1.54, 1.807) is 22.3 Å². The van der Waals surface area contributed by atoms with E-state index in [0.717, 1.165) is 22.0 Å². The van der Waals surface area contributed by atoms with Crippen LogP contribution in [0.5, 0.6) is 0 Å². The number of hydrogen-bond donors (Lipinski definition) is 0. The van der Waals surface area contributed by atoms with Crippen LogP contribution in [0, 0.1) is 0 Å². The Morgan fingerprint density at radius 3 is 2.47 bits per heavy atom. The molecule has 0 aliphatic carbocycles. The molecule has 0 bridgehead atoms. The van der Waals surface area contributed by atoms with Crippen molar-refractivity contribution in [2.24, 2.45) is 0 Å². The summed E-state index contributed by atoms with van der Waals surface area (Å²) < 4.78 is 5.37. The van der Waals surface area contributed by atoms with Crippen LogP contribution in [0.1, 0.15) is 10.5 Å². The minimum atomic E-state index is -0.111. The first-order chi connectivity index (χ1) is 14.8. The van der Waals surface area contributed by atoms with Crippen molar-refractivity contribution in [3.05, 3.63) is 71.7 Å². The van der Waals surface area contributed by atoms with Gasteiger partial charge in [0.15, 0.2) is 17.3 Å². The molecule has 3 aromatic heterocycles. The van der Waals surface area contributed by atoms with E-state index >= 15 is 0 Å². The number of carbonyl (C=O) groups is 1. The van der Waals surface area contributed by atoms with E-state index in [0.29, 0.717) is 37.6 Å². The number of thiophene rings is 1. The molecule has 1 fully saturated rings. The van der Waals surface area contributed by atoms with E-state index < -0.39 is 0 Å². The third-order valence-electron chi connectivity index (χ3n) is 5.10. The highest BCUT2D eigenvalue weighted by Crippen LogP contribution is 2.24. The van der Waals surface area contributed by atoms with Gasteiger partial charge in [0.2, 0.25) is 0 Å². The smallest absolute Gasteiger partial charge is 0.276 e. The Morgan fingerprint density at radius 2 is 1.77 bits per heavy atom. The molecule has 0 unspecified atom stereocenters. The van der Waals surface area contributed by atoms with Crippen molar-refractivity contribution in [2.45, 2.75) is 0 Å². The quantitative estimate of drug-likeness (QED) is 0.502. The van der Waals surface area contributed by atoms with Crippen molar-refractivity contribution < 1.29 is 9.32 Å². The summed E-state index contributed by atoms with van der Waals surface area (Å²) in [4.78, 5) is 17.9. The van der Waals surface area contributed by atoms with E-state index in [4.69, 9.17) is 4.52 Å². The zero-order valence-electron chi connectivity index (χ0n) is 16.1. The minimum Gasteiger partial charge on any atom is -0.355 e. The summed E-state index contributed by atoms with van der Waals surface area (Å²) in [6.45, 7) is 2.59. The normalized spacial score (nSPS) is 14.1. The van der Waals surface area contributed by atoms with Gasteiger partial charge in [0, 0.05) is 37.8 Å². The molecular weight excluding hydrogens is 398 g/mol. The predicted octanol–water partition coefficient (Wildman–Crippen LogP) is 3.82. The zero-order valence-corrected chi connectivity index (χ0v) is 17.0. The van der Waals surface area contributed by atoms with Crippen LogP contribution in [-0.2, 0) is 0 Å². The maximum absolute atomic E-state index is 12.8. The van der Waals surface area contributed by atoms with E-state index in [1.165, 1.54) is 0 Å². The maximum Gasteiger partial charge on any atom is 0.276 e. The van der Waals surface area contributed by atoms with Gasteiger partial charge in [-0.3, -0.25) is 4.79 Å². The van der Waals surface area contributed by atoms with Gasteiger partial charge in [-0.15, -0.1) is 21.5 Å². The van der Waals surface area contributed by atoms with Crippen molar-refractivity contribution >= 4 is 23.1 Å². The molecule has 0 atom stereocenters. The Labute approximate surface area is 177 Å². The molecule has 30 heavy (non-hydrogen) atoms. The molecule has 8 heteroatoms. The van der Waals surface area contributed by atoms with Gasteiger partial charge < -0.3 is 14.3 Å². The van der Waals surface area contributed by atoms with E-state index in [-0.39, 0.29) is 5.91 Å². The third kappa shape index (κ3) is 3.69. The summed E-state index contributed by atoms with van der Waals surface area (Å²) in [6.07, 6.45) is 0. The van der Waals surface area contributed by atoms with Crippen LogP contribution in [0.2, 0.25) is 0 Å². The van der Waals surface area contributed by atoms with E-state index in [2.05, 4.69) is 20.3 Å². The molecule has 1 aliphatic rings. The molecule has 0 N–H and O–H groups in total. The monoisotopic (exact) mass is 417 g/mol. The molecule has 7 nitrogen and oxygen atoms in total. The van der Waals surface area contributed by atoms with Crippen molar-refractivity contribution in [1.29, 1.82) is 0 Å². The molecule has 0 spiro atoms. The predicted molar refractivity (Wildman–Crippen MR) is 115 cm³/mol. The number of carbonyl (C=O) groups excluding carboxylic acids is 1. The van der Waals surface area contributed by atoms with Crippen LogP contribution in [-0.4, -0.2) is 52.3 Å². The van der Waals surface area contributed by atoms with Crippen LogP contribution in [0.3, 0.4) is 0 Å². The summed E-state index contributed by atoms with van der Waals surface area (Å²) in [5, 5.41) is 14.7. The third-order valence-corrected chi connectivity index (χ3v) is 5.99. The first kappa shape index (κ1) is 18.5. The molecule has 5 rings (SSSR count). The Kier molecular flexibility index (Phi) is 4.98. The molecule has 150 valence electrons. The summed E-state index contributed by atoms with van der Waals surface area (Å²) in [6, 6.07) is 19.4. The highest BCUT2D eigenvalue weighted by Gasteiger charge is 2.25. The summed E-state index contributed by atoms with van der Waals surface area (Å²) in [5.41, 5.74) is 2.11. The maximum atomic E-state index is 12.8. The fourth-order valence-corrected chi connectivity index (χ4v) is 4.16. The zero-order chi connectivity index (χ0) is 20.3. The summed E-state index contributed by atoms with van der Waals surface area (Å²) in [5.74, 6) is 1.31. The average molecular weight is 417 g/mol. The fraction of sp³-hybridized carbons (Fsp3) is 0.182. The van der Waals surface area contributed by atoms with Crippen LogP contribution in [0.25, 0.3) is 21.9 Å². The van der Waals surface area contributed by atoms with Crippen LogP contribution in [0.4, 0.5) is 5.82 Å². The van der Waals surface area contributed by atoms with Gasteiger partial charge in [-0.1, -0.05) is 41.6 Å². The van der Waals surface area contributed by atoms with Gasteiger partial charge in [-0.2, -0.15) is 0 Å². The molecule has 4 heterocycles. The number of anilines is 1. The number of amides is 1. The number of hydrogen-bond acceptors (Lipinski definition) is 7. The molecule has 4 aromatic rings. The van der Waals surface area contributed by atoms with Gasteiger partial charge in [0.05, 0.1) is 4.88 Å². The molecule has 0 saturated carbocycles. The molecule has 1 amide bonds. The molecular formula is C22H19N5O2S. The SMILES string of the molecule is O=C(c1cc(-c2ccccc2)on1)N1CCN(c2ccc(-c3cccs3)nn2)CC1. The second-order valence-electron chi connectivity index (χ2n) is 6.98. The van der Waals surface area contributed by atoms with Gasteiger partial charge in [-0.05, 0) is 23.6 Å². The van der Waals surface area contributed by atoms with Gasteiger partial charge in [-0.25, -0.2) is 0 Å². The lowest BCUT2D eigenvalue weighted by Crippen LogP contribution is -2.49. The highest BCUT2D eigenvalue weighted by molar-refractivity contribution is 7.13. The lowest BCUT2D eigenvalue weighted by molar-refractivity contribution is 0.0736. The second kappa shape index (κ2) is 8.08. The Morgan fingerprint density at radius 1 is 0.933 bits per heavy atom. The van der Waals surface area contributed by atoms with Crippen molar-refractivity contribution in [3.63, 3.8) is 0 Å². The average Bonchev–Trinajstić information content (AvgIpc) is 3.52. The number of piperazine rings is 1. The van der Waals surface area contributed by atoms with Crippen LogP contribution in [0.15, 0.2) is 70.6 Å². The molecule has 1 aliphatic heterocycles.